The van der Waals surface area contributed by atoms with E-state index in [0.717, 1.165) is 16.0 Å². The predicted molar refractivity (Wildman–Crippen MR) is 76.5 cm³/mol. The number of aromatic nitrogens is 4. The summed E-state index contributed by atoms with van der Waals surface area (Å²) in [6, 6.07) is 0. The predicted octanol–water partition coefficient (Wildman–Crippen LogP) is 3.15. The van der Waals surface area contributed by atoms with Gasteiger partial charge < -0.3 is 9.84 Å². The summed E-state index contributed by atoms with van der Waals surface area (Å²) in [5.41, 5.74) is 0. The van der Waals surface area contributed by atoms with E-state index in [1.54, 1.807) is 23.1 Å². The van der Waals surface area contributed by atoms with Crippen LogP contribution in [0.2, 0.25) is 0 Å². The maximum absolute atomic E-state index is 5.14. The molecular formula is C11H17N5OS2. The Morgan fingerprint density at radius 3 is 2.74 bits per heavy atom. The van der Waals surface area contributed by atoms with E-state index >= 15 is 0 Å². The molecule has 6 nitrogen and oxygen atoms in total. The number of hydrogen-bond donors (Lipinski definition) is 1. The maximum atomic E-state index is 5.14. The lowest BCUT2D eigenvalue weighted by molar-refractivity contribution is 0.376. The molecule has 0 aliphatic rings. The Bertz CT molecular complexity index is 525. The molecular weight excluding hydrogens is 282 g/mol. The average Bonchev–Trinajstić information content (AvgIpc) is 2.95. The molecule has 1 atom stereocenters. The third kappa shape index (κ3) is 4.17. The molecule has 0 fully saturated rings. The van der Waals surface area contributed by atoms with E-state index < -0.39 is 0 Å². The molecule has 2 rings (SSSR count). The van der Waals surface area contributed by atoms with Crippen LogP contribution in [-0.2, 0) is 0 Å². The van der Waals surface area contributed by atoms with Crippen molar-refractivity contribution in [3.63, 3.8) is 0 Å². The van der Waals surface area contributed by atoms with Crippen LogP contribution in [-0.4, -0.2) is 26.9 Å². The van der Waals surface area contributed by atoms with Crippen LogP contribution in [0.3, 0.4) is 0 Å². The number of rotatable bonds is 6. The summed E-state index contributed by atoms with van der Waals surface area (Å²) in [6.45, 7) is 9.04. The van der Waals surface area contributed by atoms with Crippen LogP contribution in [0.15, 0.2) is 8.86 Å². The van der Waals surface area contributed by atoms with E-state index in [1.165, 1.54) is 0 Å². The van der Waals surface area contributed by atoms with Gasteiger partial charge in [0.05, 0.1) is 5.25 Å². The normalized spacial score (nSPS) is 12.9. The minimum Gasteiger partial charge on any atom is -0.360 e. The van der Waals surface area contributed by atoms with Gasteiger partial charge in [-0.25, -0.2) is 0 Å². The second-order valence-corrected chi connectivity index (χ2v) is 7.15. The van der Waals surface area contributed by atoms with E-state index in [1.807, 2.05) is 13.8 Å². The van der Waals surface area contributed by atoms with Crippen molar-refractivity contribution >= 4 is 28.2 Å². The fourth-order valence-electron chi connectivity index (χ4n) is 1.30. The van der Waals surface area contributed by atoms with Crippen molar-refractivity contribution in [1.29, 1.82) is 0 Å². The van der Waals surface area contributed by atoms with Crippen LogP contribution in [0.5, 0.6) is 0 Å². The van der Waals surface area contributed by atoms with Crippen molar-refractivity contribution in [2.45, 2.75) is 37.3 Å². The summed E-state index contributed by atoms with van der Waals surface area (Å²) >= 11 is 3.12. The summed E-state index contributed by atoms with van der Waals surface area (Å²) < 4.78 is 6.04. The lowest BCUT2D eigenvalue weighted by Gasteiger charge is -2.03. The standard InChI is InChI=1S/C11H17N5OS2/c1-6(2)5-12-10-14-15-11(19-10)18-7(3)9-13-8(4)16-17-9/h6-7H,5H2,1-4H3,(H,12,14). The fourth-order valence-corrected chi connectivity index (χ4v) is 3.23. The molecule has 104 valence electrons. The highest BCUT2D eigenvalue weighted by Crippen LogP contribution is 2.36. The largest absolute Gasteiger partial charge is 0.360 e. The molecule has 0 amide bonds. The molecule has 0 saturated carbocycles. The van der Waals surface area contributed by atoms with Crippen LogP contribution in [0.4, 0.5) is 5.13 Å². The summed E-state index contributed by atoms with van der Waals surface area (Å²) in [7, 11) is 0. The number of aryl methyl sites for hydroxylation is 1. The van der Waals surface area contributed by atoms with Crippen LogP contribution < -0.4 is 5.32 Å². The molecule has 19 heavy (non-hydrogen) atoms. The molecule has 2 aromatic heterocycles. The van der Waals surface area contributed by atoms with Gasteiger partial charge in [-0.3, -0.25) is 0 Å². The van der Waals surface area contributed by atoms with Crippen molar-refractivity contribution in [3.05, 3.63) is 11.7 Å². The molecule has 1 N–H and O–H groups in total. The molecule has 0 radical (unpaired) electrons. The van der Waals surface area contributed by atoms with E-state index in [-0.39, 0.29) is 5.25 Å². The van der Waals surface area contributed by atoms with Gasteiger partial charge in [-0.05, 0) is 19.8 Å². The third-order valence-corrected chi connectivity index (χ3v) is 4.29. The monoisotopic (exact) mass is 299 g/mol. The molecule has 8 heteroatoms. The van der Waals surface area contributed by atoms with Crippen molar-refractivity contribution in [2.75, 3.05) is 11.9 Å². The summed E-state index contributed by atoms with van der Waals surface area (Å²) in [5.74, 6) is 1.86. The zero-order chi connectivity index (χ0) is 13.8. The van der Waals surface area contributed by atoms with E-state index in [2.05, 4.69) is 39.5 Å². The minimum atomic E-state index is 0.0760. The van der Waals surface area contributed by atoms with E-state index in [9.17, 15) is 0 Å². The zero-order valence-corrected chi connectivity index (χ0v) is 13.0. The van der Waals surface area contributed by atoms with Crippen LogP contribution in [0.1, 0.15) is 37.7 Å². The Kier molecular flexibility index (Phi) is 4.76. The molecule has 1 unspecified atom stereocenters. The number of nitrogens with one attached hydrogen (secondary N) is 1. The Labute approximate surface area is 120 Å². The summed E-state index contributed by atoms with van der Waals surface area (Å²) in [6.07, 6.45) is 0. The Hall–Kier alpha value is -1.15. The number of hydrogen-bond acceptors (Lipinski definition) is 8. The van der Waals surface area contributed by atoms with Gasteiger partial charge in [0.25, 0.3) is 0 Å². The quantitative estimate of drug-likeness (QED) is 0.821. The highest BCUT2D eigenvalue weighted by molar-refractivity contribution is 8.01. The number of thioether (sulfide) groups is 1. The van der Waals surface area contributed by atoms with Crippen molar-refractivity contribution in [1.82, 2.24) is 20.3 Å². The van der Waals surface area contributed by atoms with Crippen molar-refractivity contribution in [2.24, 2.45) is 5.92 Å². The second kappa shape index (κ2) is 6.33. The molecule has 2 heterocycles. The first-order valence-electron chi connectivity index (χ1n) is 6.09. The first-order valence-corrected chi connectivity index (χ1v) is 7.78. The third-order valence-electron chi connectivity index (χ3n) is 2.24. The minimum absolute atomic E-state index is 0.0760. The van der Waals surface area contributed by atoms with Crippen LogP contribution >= 0.6 is 23.1 Å². The van der Waals surface area contributed by atoms with E-state index in [0.29, 0.717) is 17.6 Å². The summed E-state index contributed by atoms with van der Waals surface area (Å²) in [5, 5.41) is 16.2. The molecule has 0 spiro atoms. The van der Waals surface area contributed by atoms with Gasteiger partial charge in [0.2, 0.25) is 11.0 Å². The van der Waals surface area contributed by atoms with Crippen molar-refractivity contribution < 1.29 is 4.52 Å². The van der Waals surface area contributed by atoms with Crippen LogP contribution in [0, 0.1) is 12.8 Å². The fraction of sp³-hybridized carbons (Fsp3) is 0.636. The SMILES string of the molecule is Cc1noc(C(C)Sc2nnc(NCC(C)C)s2)n1. The van der Waals surface area contributed by atoms with Gasteiger partial charge in [0, 0.05) is 6.54 Å². The maximum Gasteiger partial charge on any atom is 0.239 e. The van der Waals surface area contributed by atoms with Gasteiger partial charge in [0.15, 0.2) is 10.2 Å². The first-order chi connectivity index (χ1) is 9.04. The number of anilines is 1. The van der Waals surface area contributed by atoms with E-state index in [4.69, 9.17) is 4.52 Å². The molecule has 0 bridgehead atoms. The Balaban J connectivity index is 1.92. The average molecular weight is 299 g/mol. The molecule has 2 aromatic rings. The van der Waals surface area contributed by atoms with Crippen molar-refractivity contribution in [3.8, 4) is 0 Å². The zero-order valence-electron chi connectivity index (χ0n) is 11.4. The second-order valence-electron chi connectivity index (χ2n) is 4.59. The Morgan fingerprint density at radius 2 is 2.11 bits per heavy atom. The lowest BCUT2D eigenvalue weighted by atomic mass is 10.2. The lowest BCUT2D eigenvalue weighted by Crippen LogP contribution is -2.07. The van der Waals surface area contributed by atoms with Gasteiger partial charge in [-0.15, -0.1) is 10.2 Å². The smallest absolute Gasteiger partial charge is 0.239 e. The topological polar surface area (TPSA) is 76.7 Å². The number of nitrogens with zero attached hydrogens (tertiary/aromatic N) is 4. The van der Waals surface area contributed by atoms with Gasteiger partial charge in [0.1, 0.15) is 0 Å². The summed E-state index contributed by atoms with van der Waals surface area (Å²) in [4.78, 5) is 4.22. The molecule has 0 saturated heterocycles. The molecule has 0 aliphatic heterocycles. The first kappa shape index (κ1) is 14.3. The van der Waals surface area contributed by atoms with Crippen LogP contribution in [0.25, 0.3) is 0 Å². The highest BCUT2D eigenvalue weighted by Gasteiger charge is 2.17. The van der Waals surface area contributed by atoms with Gasteiger partial charge in [-0.2, -0.15) is 4.98 Å². The van der Waals surface area contributed by atoms with Gasteiger partial charge in [-0.1, -0.05) is 42.1 Å². The van der Waals surface area contributed by atoms with Gasteiger partial charge >= 0.3 is 0 Å². The molecule has 0 aromatic carbocycles. The Morgan fingerprint density at radius 1 is 1.32 bits per heavy atom. The molecule has 0 aliphatic carbocycles. The highest BCUT2D eigenvalue weighted by atomic mass is 32.2.